The van der Waals surface area contributed by atoms with E-state index in [1.165, 1.54) is 6.92 Å². The third-order valence-corrected chi connectivity index (χ3v) is 6.19. The van der Waals surface area contributed by atoms with E-state index >= 15 is 0 Å². The van der Waals surface area contributed by atoms with Crippen LogP contribution in [0, 0.1) is 11.8 Å². The van der Waals surface area contributed by atoms with E-state index in [9.17, 15) is 39.0 Å². The van der Waals surface area contributed by atoms with Crippen LogP contribution in [0.1, 0.15) is 60.3 Å². The fraction of sp³-hybridized carbons (Fsp3) is 0.769. The van der Waals surface area contributed by atoms with Gasteiger partial charge in [0.15, 0.2) is 0 Å². The molecule has 0 aromatic carbocycles. The van der Waals surface area contributed by atoms with Crippen LogP contribution in [-0.4, -0.2) is 107 Å². The number of aliphatic hydroxyl groups is 2. The number of aliphatic carboxylic acids is 1. The Hall–Kier alpha value is -3.34. The maximum atomic E-state index is 13.0. The molecule has 0 rings (SSSR count). The summed E-state index contributed by atoms with van der Waals surface area (Å²) in [6, 6.07) is -6.17. The molecule has 16 heteroatoms. The van der Waals surface area contributed by atoms with Crippen LogP contribution in [0.15, 0.2) is 0 Å². The van der Waals surface area contributed by atoms with Gasteiger partial charge in [-0.05, 0) is 51.0 Å². The molecule has 0 aliphatic heterocycles. The quantitative estimate of drug-likeness (QED) is 0.0614. The molecule has 0 aromatic rings. The number of rotatable bonds is 20. The zero-order chi connectivity index (χ0) is 32.6. The number of carboxylic acids is 1. The van der Waals surface area contributed by atoms with E-state index < -0.39 is 90.9 Å². The van der Waals surface area contributed by atoms with E-state index in [4.69, 9.17) is 16.6 Å². The van der Waals surface area contributed by atoms with Crippen molar-refractivity contribution in [2.45, 2.75) is 96.6 Å². The average Bonchev–Trinajstić information content (AvgIpc) is 2.90. The summed E-state index contributed by atoms with van der Waals surface area (Å²) in [4.78, 5) is 74.8. The maximum absolute atomic E-state index is 13.0. The lowest BCUT2D eigenvalue weighted by atomic mass is 10.0. The lowest BCUT2D eigenvalue weighted by molar-refractivity contribution is -0.142. The van der Waals surface area contributed by atoms with Gasteiger partial charge in [-0.25, -0.2) is 4.79 Å². The number of unbranched alkanes of at least 4 members (excludes halogenated alkanes) is 1. The molecule has 0 aliphatic carbocycles. The molecule has 16 nitrogen and oxygen atoms in total. The lowest BCUT2D eigenvalue weighted by Gasteiger charge is -2.27. The van der Waals surface area contributed by atoms with E-state index in [0.717, 1.165) is 0 Å². The van der Waals surface area contributed by atoms with Crippen molar-refractivity contribution in [3.05, 3.63) is 0 Å². The van der Waals surface area contributed by atoms with E-state index in [1.807, 2.05) is 0 Å². The second-order valence-corrected chi connectivity index (χ2v) is 10.9. The van der Waals surface area contributed by atoms with Crippen LogP contribution in [0.3, 0.4) is 0 Å². The van der Waals surface area contributed by atoms with Gasteiger partial charge in [0.2, 0.25) is 29.5 Å². The molecule has 6 atom stereocenters. The Bertz CT molecular complexity index is 915. The van der Waals surface area contributed by atoms with E-state index in [2.05, 4.69) is 26.6 Å². The number of carboxylic acid groups (broad SMARTS) is 1. The smallest absolute Gasteiger partial charge is 0.326 e. The first kappa shape index (κ1) is 38.7. The number of hydrogen-bond acceptors (Lipinski definition) is 10. The SMILES string of the molecule is CC(C)C[C@H](NC(=O)[C@@H](NC(=O)CNC(=O)[C@@H](NC(=O)[C@@H](N)CO)C(C)C)[C@@H](C)O)C(=O)N[C@@H](CCCCN)C(=O)O. The van der Waals surface area contributed by atoms with Crippen LogP contribution < -0.4 is 38.1 Å². The van der Waals surface area contributed by atoms with Gasteiger partial charge in [-0.15, -0.1) is 0 Å². The molecule has 0 unspecified atom stereocenters. The Morgan fingerprint density at radius 3 is 1.83 bits per heavy atom. The zero-order valence-corrected chi connectivity index (χ0v) is 25.0. The summed E-state index contributed by atoms with van der Waals surface area (Å²) in [5, 5.41) is 40.6. The Labute approximate surface area is 246 Å². The van der Waals surface area contributed by atoms with Crippen LogP contribution in [0.5, 0.6) is 0 Å². The molecule has 0 bridgehead atoms. The summed E-state index contributed by atoms with van der Waals surface area (Å²) in [6.07, 6.45) is -0.0627. The molecule has 0 spiro atoms. The van der Waals surface area contributed by atoms with E-state index in [1.54, 1.807) is 27.7 Å². The topological polar surface area (TPSA) is 275 Å². The standard InChI is InChI=1S/C26H49N7O9/c1-13(2)10-18(23(38)30-17(26(41)42)8-6-7-9-27)31-25(40)21(15(5)35)32-19(36)11-29-24(39)20(14(3)4)33-22(37)16(28)12-34/h13-18,20-21,34-35H,6-12,27-28H2,1-5H3,(H,29,39)(H,30,38)(H,31,40)(H,32,36)(H,33,37)(H,41,42)/t15-,16+,17+,18+,20+,21+/m1/s1. The first-order valence-corrected chi connectivity index (χ1v) is 14.0. The Morgan fingerprint density at radius 1 is 0.762 bits per heavy atom. The third kappa shape index (κ3) is 14.5. The van der Waals surface area contributed by atoms with Gasteiger partial charge < -0.3 is 53.4 Å². The molecule has 242 valence electrons. The number of carbonyl (C=O) groups is 6. The minimum absolute atomic E-state index is 0.0855. The molecule has 0 saturated heterocycles. The maximum Gasteiger partial charge on any atom is 0.326 e. The van der Waals surface area contributed by atoms with Gasteiger partial charge in [-0.3, -0.25) is 24.0 Å². The Morgan fingerprint density at radius 2 is 1.36 bits per heavy atom. The van der Waals surface area contributed by atoms with Crippen molar-refractivity contribution >= 4 is 35.5 Å². The van der Waals surface area contributed by atoms with Crippen molar-refractivity contribution in [1.29, 1.82) is 0 Å². The molecule has 42 heavy (non-hydrogen) atoms. The lowest BCUT2D eigenvalue weighted by Crippen LogP contribution is -2.59. The highest BCUT2D eigenvalue weighted by Gasteiger charge is 2.32. The predicted octanol–water partition coefficient (Wildman–Crippen LogP) is -3.34. The second-order valence-electron chi connectivity index (χ2n) is 10.9. The van der Waals surface area contributed by atoms with Crippen molar-refractivity contribution < 1.29 is 44.1 Å². The van der Waals surface area contributed by atoms with Gasteiger partial charge in [0.05, 0.1) is 19.3 Å². The zero-order valence-electron chi connectivity index (χ0n) is 25.0. The average molecular weight is 604 g/mol. The van der Waals surface area contributed by atoms with Crippen LogP contribution in [0.2, 0.25) is 0 Å². The largest absolute Gasteiger partial charge is 0.480 e. The fourth-order valence-corrected chi connectivity index (χ4v) is 3.77. The summed E-state index contributed by atoms with van der Waals surface area (Å²) in [7, 11) is 0. The number of nitrogens with one attached hydrogen (secondary N) is 5. The number of nitrogens with two attached hydrogens (primary N) is 2. The van der Waals surface area contributed by atoms with Crippen LogP contribution >= 0.6 is 0 Å². The minimum Gasteiger partial charge on any atom is -0.480 e. The van der Waals surface area contributed by atoms with Crippen molar-refractivity contribution in [1.82, 2.24) is 26.6 Å². The van der Waals surface area contributed by atoms with Gasteiger partial charge in [-0.1, -0.05) is 27.7 Å². The summed E-state index contributed by atoms with van der Waals surface area (Å²) in [5.74, 6) is -5.67. The van der Waals surface area contributed by atoms with Crippen molar-refractivity contribution in [2.24, 2.45) is 23.3 Å². The summed E-state index contributed by atoms with van der Waals surface area (Å²) in [5.41, 5.74) is 10.9. The third-order valence-electron chi connectivity index (χ3n) is 6.19. The summed E-state index contributed by atoms with van der Waals surface area (Å²) in [6.45, 7) is 7.25. The Balaban J connectivity index is 5.41. The highest BCUT2D eigenvalue weighted by molar-refractivity contribution is 5.95. The van der Waals surface area contributed by atoms with Crippen molar-refractivity contribution in [3.63, 3.8) is 0 Å². The molecular weight excluding hydrogens is 554 g/mol. The van der Waals surface area contributed by atoms with Gasteiger partial charge in [-0.2, -0.15) is 0 Å². The predicted molar refractivity (Wildman–Crippen MR) is 152 cm³/mol. The van der Waals surface area contributed by atoms with Crippen LogP contribution in [0.4, 0.5) is 0 Å². The molecule has 12 N–H and O–H groups in total. The number of aliphatic hydroxyl groups excluding tert-OH is 2. The molecular formula is C26H49N7O9. The minimum atomic E-state index is -1.51. The fourth-order valence-electron chi connectivity index (χ4n) is 3.77. The van der Waals surface area contributed by atoms with Gasteiger partial charge in [0.25, 0.3) is 0 Å². The number of carbonyl (C=O) groups excluding carboxylic acids is 5. The molecule has 5 amide bonds. The molecule has 0 radical (unpaired) electrons. The van der Waals surface area contributed by atoms with Crippen molar-refractivity contribution in [2.75, 3.05) is 19.7 Å². The molecule has 0 saturated carbocycles. The normalized spacial score (nSPS) is 15.5. The Kier molecular flexibility index (Phi) is 18.2. The molecule has 0 aromatic heterocycles. The van der Waals surface area contributed by atoms with Gasteiger partial charge in [0, 0.05) is 0 Å². The second kappa shape index (κ2) is 19.7. The highest BCUT2D eigenvalue weighted by atomic mass is 16.4. The van der Waals surface area contributed by atoms with Crippen LogP contribution in [0.25, 0.3) is 0 Å². The first-order valence-electron chi connectivity index (χ1n) is 14.0. The number of hydrogen-bond donors (Lipinski definition) is 10. The monoisotopic (exact) mass is 603 g/mol. The summed E-state index contributed by atoms with van der Waals surface area (Å²) >= 11 is 0. The van der Waals surface area contributed by atoms with E-state index in [0.29, 0.717) is 19.4 Å². The molecule has 0 aliphatic rings. The van der Waals surface area contributed by atoms with E-state index in [-0.39, 0.29) is 18.8 Å². The first-order chi connectivity index (χ1) is 19.5. The van der Waals surface area contributed by atoms with Gasteiger partial charge in [0.1, 0.15) is 30.2 Å². The summed E-state index contributed by atoms with van der Waals surface area (Å²) < 4.78 is 0. The highest BCUT2D eigenvalue weighted by Crippen LogP contribution is 2.09. The van der Waals surface area contributed by atoms with Crippen molar-refractivity contribution in [3.8, 4) is 0 Å². The van der Waals surface area contributed by atoms with Crippen LogP contribution in [-0.2, 0) is 28.8 Å². The molecule has 0 heterocycles. The molecule has 0 fully saturated rings. The van der Waals surface area contributed by atoms with Gasteiger partial charge >= 0.3 is 5.97 Å². The number of amides is 5.